The largest absolute Gasteiger partial charge is 0.375 e. The first-order valence-corrected chi connectivity index (χ1v) is 7.91. The monoisotopic (exact) mass is 282 g/mol. The van der Waals surface area contributed by atoms with Crippen LogP contribution in [0.25, 0.3) is 0 Å². The Hall–Kier alpha value is -0.420. The number of rotatable bonds is 5. The molecule has 2 aliphatic heterocycles. The van der Waals surface area contributed by atoms with Crippen molar-refractivity contribution in [3.8, 4) is 0 Å². The fraction of sp³-hybridized carbons (Fsp3) is 0.875. The first-order chi connectivity index (χ1) is 9.71. The van der Waals surface area contributed by atoms with Crippen LogP contribution in [-0.4, -0.2) is 43.9 Å². The summed E-state index contributed by atoms with van der Waals surface area (Å²) in [6.45, 7) is 6.11. The van der Waals surface area contributed by atoms with E-state index in [0.717, 1.165) is 19.4 Å². The highest BCUT2D eigenvalue weighted by atomic mass is 16.8. The number of ether oxygens (including phenoxy) is 4. The Kier molecular flexibility index (Phi) is 4.46. The van der Waals surface area contributed by atoms with Gasteiger partial charge >= 0.3 is 0 Å². The van der Waals surface area contributed by atoms with Crippen molar-refractivity contribution >= 4 is 0 Å². The molecule has 0 aromatic carbocycles. The van der Waals surface area contributed by atoms with Crippen molar-refractivity contribution in [2.45, 2.75) is 63.6 Å². The van der Waals surface area contributed by atoms with E-state index >= 15 is 0 Å². The van der Waals surface area contributed by atoms with Gasteiger partial charge in [0.25, 0.3) is 0 Å². The summed E-state index contributed by atoms with van der Waals surface area (Å²) in [6.07, 6.45) is 9.11. The van der Waals surface area contributed by atoms with E-state index < -0.39 is 5.79 Å². The standard InChI is InChI=1S/C16H26O4/c1-3-17-15-9-13(14-11-19-16(15,2)20-14)18-10-12-7-5-4-6-8-12/h4-5,12-15H,3,6-11H2,1-2H3/t12?,13-,14+,15+,16?/m0/s1. The van der Waals surface area contributed by atoms with Crippen LogP contribution in [0, 0.1) is 5.92 Å². The molecule has 0 spiro atoms. The van der Waals surface area contributed by atoms with Crippen LogP contribution >= 0.6 is 0 Å². The molecule has 2 heterocycles. The molecule has 0 aromatic heterocycles. The molecule has 20 heavy (non-hydrogen) atoms. The van der Waals surface area contributed by atoms with E-state index in [1.807, 2.05) is 13.8 Å². The maximum absolute atomic E-state index is 6.16. The smallest absolute Gasteiger partial charge is 0.192 e. The Morgan fingerprint density at radius 3 is 2.95 bits per heavy atom. The third-order valence-electron chi connectivity index (χ3n) is 4.66. The van der Waals surface area contributed by atoms with Crippen LogP contribution in [0.15, 0.2) is 12.2 Å². The van der Waals surface area contributed by atoms with Crippen molar-refractivity contribution in [3.63, 3.8) is 0 Å². The molecule has 0 N–H and O–H groups in total. The second-order valence-electron chi connectivity index (χ2n) is 6.19. The predicted molar refractivity (Wildman–Crippen MR) is 75.5 cm³/mol. The minimum atomic E-state index is -0.575. The fourth-order valence-corrected chi connectivity index (χ4v) is 3.41. The van der Waals surface area contributed by atoms with Gasteiger partial charge in [0.05, 0.1) is 19.3 Å². The highest BCUT2D eigenvalue weighted by Gasteiger charge is 2.53. The predicted octanol–water partition coefficient (Wildman–Crippen LogP) is 2.67. The van der Waals surface area contributed by atoms with Crippen molar-refractivity contribution in [3.05, 3.63) is 12.2 Å². The lowest BCUT2D eigenvalue weighted by atomic mass is 9.94. The molecule has 2 bridgehead atoms. The molecule has 5 atom stereocenters. The quantitative estimate of drug-likeness (QED) is 0.727. The molecule has 0 saturated carbocycles. The third kappa shape index (κ3) is 2.93. The topological polar surface area (TPSA) is 36.9 Å². The molecule has 3 aliphatic rings. The van der Waals surface area contributed by atoms with Crippen LogP contribution in [0.5, 0.6) is 0 Å². The van der Waals surface area contributed by atoms with Gasteiger partial charge in [-0.05, 0) is 39.0 Å². The maximum Gasteiger partial charge on any atom is 0.192 e. The van der Waals surface area contributed by atoms with E-state index in [1.165, 1.54) is 12.8 Å². The second-order valence-corrected chi connectivity index (χ2v) is 6.19. The summed E-state index contributed by atoms with van der Waals surface area (Å²) in [5.41, 5.74) is 0. The van der Waals surface area contributed by atoms with Gasteiger partial charge in [0.15, 0.2) is 5.79 Å². The number of hydrogen-bond donors (Lipinski definition) is 0. The van der Waals surface area contributed by atoms with Gasteiger partial charge in [-0.25, -0.2) is 0 Å². The normalized spacial score (nSPS) is 43.9. The Balaban J connectivity index is 1.55. The second kappa shape index (κ2) is 6.14. The van der Waals surface area contributed by atoms with Gasteiger partial charge in [-0.3, -0.25) is 0 Å². The van der Waals surface area contributed by atoms with Gasteiger partial charge in [-0.1, -0.05) is 12.2 Å². The fourth-order valence-electron chi connectivity index (χ4n) is 3.41. The average molecular weight is 282 g/mol. The van der Waals surface area contributed by atoms with Crippen molar-refractivity contribution < 1.29 is 18.9 Å². The Morgan fingerprint density at radius 1 is 1.30 bits per heavy atom. The zero-order valence-electron chi connectivity index (χ0n) is 12.5. The van der Waals surface area contributed by atoms with Gasteiger partial charge in [-0.2, -0.15) is 0 Å². The lowest BCUT2D eigenvalue weighted by Gasteiger charge is -2.39. The van der Waals surface area contributed by atoms with Crippen LogP contribution in [0.3, 0.4) is 0 Å². The summed E-state index contributed by atoms with van der Waals surface area (Å²) >= 11 is 0. The van der Waals surface area contributed by atoms with Crippen LogP contribution in [0.4, 0.5) is 0 Å². The lowest BCUT2D eigenvalue weighted by molar-refractivity contribution is -0.268. The molecular formula is C16H26O4. The Bertz CT molecular complexity index is 356. The summed E-state index contributed by atoms with van der Waals surface area (Å²) in [5, 5.41) is 0. The van der Waals surface area contributed by atoms with Crippen molar-refractivity contribution in [2.75, 3.05) is 19.8 Å². The first kappa shape index (κ1) is 14.5. The molecule has 0 aromatic rings. The maximum atomic E-state index is 6.16. The molecule has 114 valence electrons. The van der Waals surface area contributed by atoms with E-state index in [9.17, 15) is 0 Å². The molecule has 2 fully saturated rings. The third-order valence-corrected chi connectivity index (χ3v) is 4.66. The van der Waals surface area contributed by atoms with Gasteiger partial charge < -0.3 is 18.9 Å². The van der Waals surface area contributed by atoms with Gasteiger partial charge in [0.1, 0.15) is 12.2 Å². The Labute approximate surface area is 121 Å². The number of hydrogen-bond acceptors (Lipinski definition) is 4. The van der Waals surface area contributed by atoms with Gasteiger partial charge in [-0.15, -0.1) is 0 Å². The molecule has 0 amide bonds. The number of fused-ring (bicyclic) bond motifs is 2. The highest BCUT2D eigenvalue weighted by Crippen LogP contribution is 2.39. The first-order valence-electron chi connectivity index (χ1n) is 7.91. The molecule has 4 nitrogen and oxygen atoms in total. The van der Waals surface area contributed by atoms with Crippen LogP contribution in [0.2, 0.25) is 0 Å². The van der Waals surface area contributed by atoms with Crippen LogP contribution in [0.1, 0.15) is 39.5 Å². The molecule has 4 heteroatoms. The van der Waals surface area contributed by atoms with Crippen LogP contribution in [-0.2, 0) is 18.9 Å². The summed E-state index contributed by atoms with van der Waals surface area (Å²) in [6, 6.07) is 0. The van der Waals surface area contributed by atoms with E-state index in [4.69, 9.17) is 18.9 Å². The van der Waals surface area contributed by atoms with E-state index in [-0.39, 0.29) is 18.3 Å². The van der Waals surface area contributed by atoms with Crippen molar-refractivity contribution in [1.82, 2.24) is 0 Å². The zero-order valence-corrected chi connectivity index (χ0v) is 12.5. The highest BCUT2D eigenvalue weighted by molar-refractivity contribution is 4.95. The van der Waals surface area contributed by atoms with Crippen molar-refractivity contribution in [1.29, 1.82) is 0 Å². The molecule has 2 unspecified atom stereocenters. The molecule has 0 radical (unpaired) electrons. The van der Waals surface area contributed by atoms with E-state index in [2.05, 4.69) is 12.2 Å². The molecule has 2 saturated heterocycles. The average Bonchev–Trinajstić information content (AvgIpc) is 2.81. The molecular weight excluding hydrogens is 256 g/mol. The summed E-state index contributed by atoms with van der Waals surface area (Å²) in [7, 11) is 0. The molecule has 3 rings (SSSR count). The zero-order chi connectivity index (χ0) is 14.0. The number of allylic oxidation sites excluding steroid dienone is 2. The summed E-state index contributed by atoms with van der Waals surface area (Å²) in [4.78, 5) is 0. The van der Waals surface area contributed by atoms with Gasteiger partial charge in [0, 0.05) is 13.0 Å². The van der Waals surface area contributed by atoms with Crippen molar-refractivity contribution in [2.24, 2.45) is 5.92 Å². The van der Waals surface area contributed by atoms with Gasteiger partial charge in [0.2, 0.25) is 0 Å². The summed E-state index contributed by atoms with van der Waals surface area (Å²) in [5.74, 6) is 0.0786. The Morgan fingerprint density at radius 2 is 2.20 bits per heavy atom. The lowest BCUT2D eigenvalue weighted by Crippen LogP contribution is -2.51. The van der Waals surface area contributed by atoms with Crippen LogP contribution < -0.4 is 0 Å². The minimum absolute atomic E-state index is 0.0255. The van der Waals surface area contributed by atoms with E-state index in [1.54, 1.807) is 0 Å². The SMILES string of the molecule is CCO[C@@H]1C[C@H](OCC2CC=CCC2)[C@H]2COC1(C)O2. The minimum Gasteiger partial charge on any atom is -0.375 e. The molecule has 1 aliphatic carbocycles. The van der Waals surface area contributed by atoms with E-state index in [0.29, 0.717) is 19.1 Å². The summed E-state index contributed by atoms with van der Waals surface area (Å²) < 4.78 is 23.8.